The van der Waals surface area contributed by atoms with Crippen LogP contribution in [0, 0.1) is 0 Å². The third kappa shape index (κ3) is 6.28. The van der Waals surface area contributed by atoms with Crippen LogP contribution in [0.15, 0.2) is 0 Å². The van der Waals surface area contributed by atoms with Gasteiger partial charge >= 0.3 is 29.6 Å². The van der Waals surface area contributed by atoms with Crippen LogP contribution in [0.5, 0.6) is 0 Å². The number of rotatable bonds is 5. The Bertz CT molecular complexity index is 227. The molecule has 74 valence electrons. The zero-order valence-electron chi connectivity index (χ0n) is 7.79. The molecule has 0 rings (SSSR count). The fraction of sp³-hybridized carbons (Fsp3) is 1.00. The molecule has 0 bridgehead atoms. The van der Waals surface area contributed by atoms with E-state index in [0.717, 1.165) is 12.8 Å². The van der Waals surface area contributed by atoms with Gasteiger partial charge in [-0.1, -0.05) is 31.4 Å². The summed E-state index contributed by atoms with van der Waals surface area (Å²) in [6.07, 6.45) is 1.82. The van der Waals surface area contributed by atoms with Gasteiger partial charge in [0.15, 0.2) is 0 Å². The molecular weight excluding hydrogens is 227 g/mol. The predicted octanol–water partition coefficient (Wildman–Crippen LogP) is -2.00. The maximum Gasteiger partial charge on any atom is 1.00 e. The molecule has 13 heavy (non-hydrogen) atoms. The summed E-state index contributed by atoms with van der Waals surface area (Å²) >= 11 is 5.10. The van der Waals surface area contributed by atoms with E-state index in [4.69, 9.17) is 16.7 Å². The van der Waals surface area contributed by atoms with E-state index in [0.29, 0.717) is 6.42 Å². The molecule has 1 unspecified atom stereocenters. The van der Waals surface area contributed by atoms with Crippen LogP contribution in [0.25, 0.3) is 0 Å². The van der Waals surface area contributed by atoms with E-state index < -0.39 is 14.5 Å². The number of aliphatic hydroxyl groups is 1. The number of alkyl halides is 1. The van der Waals surface area contributed by atoms with Gasteiger partial charge in [0, 0.05) is 6.42 Å². The van der Waals surface area contributed by atoms with Crippen LogP contribution in [0.2, 0.25) is 0 Å². The van der Waals surface area contributed by atoms with Crippen LogP contribution in [0.1, 0.15) is 32.6 Å². The number of halogens is 1. The fourth-order valence-electron chi connectivity index (χ4n) is 0.718. The van der Waals surface area contributed by atoms with Crippen LogP contribution in [0.3, 0.4) is 0 Å². The molecule has 0 saturated heterocycles. The van der Waals surface area contributed by atoms with Gasteiger partial charge in [-0.25, -0.2) is 8.42 Å². The minimum absolute atomic E-state index is 0. The van der Waals surface area contributed by atoms with Gasteiger partial charge in [-0.2, -0.15) is 0 Å². The van der Waals surface area contributed by atoms with Crippen molar-refractivity contribution in [1.82, 2.24) is 0 Å². The molecule has 7 heteroatoms. The molecule has 0 aromatic carbocycles. The molecule has 0 aliphatic heterocycles. The van der Waals surface area contributed by atoms with Gasteiger partial charge in [-0.3, -0.25) is 0 Å². The van der Waals surface area contributed by atoms with Crippen LogP contribution in [-0.2, 0) is 10.1 Å². The standard InChI is InChI=1S/C6H13ClO4S.Na/c1-2-3-4-5-6(7,8)12(9,10)11;/h8H,2-5H2,1H3,(H,9,10,11);/q;+1/p-1. The van der Waals surface area contributed by atoms with E-state index in [1.165, 1.54) is 0 Å². The van der Waals surface area contributed by atoms with Crippen LogP contribution < -0.4 is 29.6 Å². The molecule has 4 nitrogen and oxygen atoms in total. The Balaban J connectivity index is 0. The van der Waals surface area contributed by atoms with E-state index >= 15 is 0 Å². The topological polar surface area (TPSA) is 77.4 Å². The second-order valence-corrected chi connectivity index (χ2v) is 5.03. The van der Waals surface area contributed by atoms with Gasteiger partial charge < -0.3 is 9.66 Å². The Hall–Kier alpha value is 1.16. The first-order valence-electron chi connectivity index (χ1n) is 3.68. The summed E-state index contributed by atoms with van der Waals surface area (Å²) in [5, 5.41) is 8.94. The summed E-state index contributed by atoms with van der Waals surface area (Å²) < 4.78 is 28.3. The van der Waals surface area contributed by atoms with Gasteiger partial charge in [0.1, 0.15) is 10.1 Å². The normalized spacial score (nSPS) is 16.0. The smallest absolute Gasteiger partial charge is 0.745 e. The van der Waals surface area contributed by atoms with Gasteiger partial charge in [-0.15, -0.1) is 0 Å². The van der Waals surface area contributed by atoms with E-state index in [-0.39, 0.29) is 36.0 Å². The Labute approximate surface area is 106 Å². The monoisotopic (exact) mass is 238 g/mol. The molecule has 1 atom stereocenters. The average molecular weight is 239 g/mol. The molecule has 0 aromatic heterocycles. The minimum Gasteiger partial charge on any atom is -0.745 e. The Morgan fingerprint density at radius 2 is 1.92 bits per heavy atom. The minimum atomic E-state index is -4.81. The van der Waals surface area contributed by atoms with Gasteiger partial charge in [0.25, 0.3) is 0 Å². The van der Waals surface area contributed by atoms with Crippen molar-refractivity contribution in [2.45, 2.75) is 37.0 Å². The molecule has 0 fully saturated rings. The van der Waals surface area contributed by atoms with Crippen molar-refractivity contribution in [2.24, 2.45) is 0 Å². The molecule has 0 aliphatic rings. The molecule has 0 spiro atoms. The average Bonchev–Trinajstić information content (AvgIpc) is 1.85. The van der Waals surface area contributed by atoms with Crippen molar-refractivity contribution in [3.63, 3.8) is 0 Å². The molecule has 0 aromatic rings. The number of hydrogen-bond donors (Lipinski definition) is 1. The zero-order chi connectivity index (χ0) is 9.83. The third-order valence-corrected chi connectivity index (χ3v) is 3.20. The van der Waals surface area contributed by atoms with E-state index in [2.05, 4.69) is 0 Å². The zero-order valence-corrected chi connectivity index (χ0v) is 11.4. The molecular formula is C6H12ClNaO4S. The summed E-state index contributed by atoms with van der Waals surface area (Å²) in [5.41, 5.74) is 0. The maximum atomic E-state index is 10.3. The molecule has 0 amide bonds. The van der Waals surface area contributed by atoms with Crippen LogP contribution in [-0.4, -0.2) is 22.5 Å². The quantitative estimate of drug-likeness (QED) is 0.260. The maximum absolute atomic E-state index is 10.3. The predicted molar refractivity (Wildman–Crippen MR) is 44.6 cm³/mol. The van der Waals surface area contributed by atoms with Crippen molar-refractivity contribution in [3.8, 4) is 0 Å². The van der Waals surface area contributed by atoms with Crippen LogP contribution >= 0.6 is 11.6 Å². The van der Waals surface area contributed by atoms with Crippen molar-refractivity contribution in [2.75, 3.05) is 0 Å². The Morgan fingerprint density at radius 3 is 2.23 bits per heavy atom. The molecule has 1 N–H and O–H groups in total. The van der Waals surface area contributed by atoms with Crippen molar-refractivity contribution in [3.05, 3.63) is 0 Å². The second-order valence-electron chi connectivity index (χ2n) is 2.60. The summed E-state index contributed by atoms with van der Waals surface area (Å²) in [6, 6.07) is 0. The van der Waals surface area contributed by atoms with Gasteiger partial charge in [0.2, 0.25) is 4.39 Å². The summed E-state index contributed by atoms with van der Waals surface area (Å²) in [4.78, 5) is 0. The SMILES string of the molecule is CCCCCC(O)(Cl)S(=O)(=O)[O-].[Na+]. The Morgan fingerprint density at radius 1 is 1.46 bits per heavy atom. The van der Waals surface area contributed by atoms with Gasteiger partial charge in [0.05, 0.1) is 0 Å². The summed E-state index contributed by atoms with van der Waals surface area (Å²) in [7, 11) is -4.81. The largest absolute Gasteiger partial charge is 1.00 e. The number of hydrogen-bond acceptors (Lipinski definition) is 4. The van der Waals surface area contributed by atoms with Crippen molar-refractivity contribution < 1.29 is 47.6 Å². The van der Waals surface area contributed by atoms with E-state index in [9.17, 15) is 13.0 Å². The molecule has 0 saturated carbocycles. The molecule has 0 aliphatic carbocycles. The summed E-state index contributed by atoms with van der Waals surface area (Å²) in [6.45, 7) is 1.92. The fourth-order valence-corrected chi connectivity index (χ4v) is 1.25. The second kappa shape index (κ2) is 6.61. The van der Waals surface area contributed by atoms with E-state index in [1.54, 1.807) is 0 Å². The van der Waals surface area contributed by atoms with Crippen molar-refractivity contribution in [1.29, 1.82) is 0 Å². The Kier molecular flexibility index (Phi) is 8.43. The van der Waals surface area contributed by atoms with Gasteiger partial charge in [-0.05, 0) is 6.42 Å². The first-order chi connectivity index (χ1) is 5.31. The molecule has 0 heterocycles. The molecule has 0 radical (unpaired) electrons. The van der Waals surface area contributed by atoms with Crippen molar-refractivity contribution >= 4 is 21.7 Å². The summed E-state index contributed by atoms with van der Waals surface area (Å²) in [5.74, 6) is 0. The van der Waals surface area contributed by atoms with E-state index in [1.807, 2.05) is 6.92 Å². The third-order valence-electron chi connectivity index (χ3n) is 1.47. The van der Waals surface area contributed by atoms with Crippen LogP contribution in [0.4, 0.5) is 0 Å². The first kappa shape index (κ1) is 16.6. The first-order valence-corrected chi connectivity index (χ1v) is 5.46. The number of unbranched alkanes of at least 4 members (excludes halogenated alkanes) is 2.